The first-order valence-corrected chi connectivity index (χ1v) is 24.2. The quantitative estimate of drug-likeness (QED) is 0.424. The van der Waals surface area contributed by atoms with E-state index in [1.165, 1.54) is 33.4 Å². The van der Waals surface area contributed by atoms with Crippen LogP contribution in [0.2, 0.25) is 9.26 Å². The van der Waals surface area contributed by atoms with E-state index in [0.717, 1.165) is 0 Å². The number of fused-ring (bicyclic) bond motifs is 2. The second kappa shape index (κ2) is 6.26. The predicted molar refractivity (Wildman–Crippen MR) is 125 cm³/mol. The first kappa shape index (κ1) is 20.3. The van der Waals surface area contributed by atoms with Crippen molar-refractivity contribution in [2.45, 2.75) is 58.1 Å². The van der Waals surface area contributed by atoms with Crippen LogP contribution in [0.4, 0.5) is 0 Å². The molecule has 0 amide bonds. The number of benzene rings is 2. The molecule has 2 aromatic rings. The van der Waals surface area contributed by atoms with E-state index in [1.54, 1.807) is 22.3 Å². The van der Waals surface area contributed by atoms with Gasteiger partial charge in [0.1, 0.15) is 0 Å². The van der Waals surface area contributed by atoms with E-state index in [-0.39, 0.29) is 0 Å². The van der Waals surface area contributed by atoms with Crippen molar-refractivity contribution in [1.29, 1.82) is 0 Å². The second-order valence-electron chi connectivity index (χ2n) is 10.6. The third kappa shape index (κ3) is 2.71. The van der Waals surface area contributed by atoms with Gasteiger partial charge in [0, 0.05) is 0 Å². The van der Waals surface area contributed by atoms with Crippen LogP contribution in [0.15, 0.2) is 35.4 Å². The normalized spacial score (nSPS) is 21.3. The van der Waals surface area contributed by atoms with Crippen LogP contribution < -0.4 is 0 Å². The topological polar surface area (TPSA) is 0 Å². The van der Waals surface area contributed by atoms with E-state index in [4.69, 9.17) is 0 Å². The first-order valence-electron chi connectivity index (χ1n) is 10.6. The van der Waals surface area contributed by atoms with Gasteiger partial charge < -0.3 is 0 Å². The van der Waals surface area contributed by atoms with Gasteiger partial charge in [-0.2, -0.15) is 0 Å². The van der Waals surface area contributed by atoms with Crippen molar-refractivity contribution in [1.82, 2.24) is 0 Å². The Balaban J connectivity index is 2.00. The molecule has 0 aliphatic heterocycles. The van der Waals surface area contributed by atoms with Crippen molar-refractivity contribution < 1.29 is 17.4 Å². The summed E-state index contributed by atoms with van der Waals surface area (Å²) < 4.78 is 6.73. The van der Waals surface area contributed by atoms with E-state index in [0.29, 0.717) is 7.25 Å². The molecule has 146 valence electrons. The fourth-order valence-corrected chi connectivity index (χ4v) is 27.9. The van der Waals surface area contributed by atoms with Crippen molar-refractivity contribution >= 4 is 19.0 Å². The number of aryl methyl sites for hydroxylation is 4. The molecule has 2 heteroatoms. The molecule has 2 aromatic carbocycles. The molecule has 0 spiro atoms. The van der Waals surface area contributed by atoms with Crippen LogP contribution in [0, 0.1) is 27.7 Å². The number of hydrogen-bond acceptors (Lipinski definition) is 0. The van der Waals surface area contributed by atoms with Gasteiger partial charge in [-0.15, -0.1) is 0 Å². The summed E-state index contributed by atoms with van der Waals surface area (Å²) in [6.45, 7) is 16.4. The van der Waals surface area contributed by atoms with E-state index in [2.05, 4.69) is 94.1 Å². The Morgan fingerprint density at radius 2 is 0.929 bits per heavy atom. The summed E-state index contributed by atoms with van der Waals surface area (Å²) in [5.41, 5.74) is 15.4. The summed E-state index contributed by atoms with van der Waals surface area (Å²) in [5.74, 6) is 0. The first-order chi connectivity index (χ1) is 12.9. The summed E-state index contributed by atoms with van der Waals surface area (Å²) in [6, 6.07) is 9.30. The number of allylic oxidation sites excluding steroid dienone is 2. The van der Waals surface area contributed by atoms with E-state index in [9.17, 15) is 0 Å². The third-order valence-corrected chi connectivity index (χ3v) is 25.4. The Labute approximate surface area is 173 Å². The van der Waals surface area contributed by atoms with Crippen LogP contribution in [0.25, 0.3) is 12.2 Å². The van der Waals surface area contributed by atoms with Crippen LogP contribution in [0.3, 0.4) is 0 Å². The molecule has 0 aromatic heterocycles. The van der Waals surface area contributed by atoms with Gasteiger partial charge in [-0.25, -0.2) is 0 Å². The molecule has 0 nitrogen and oxygen atoms in total. The van der Waals surface area contributed by atoms with Crippen molar-refractivity contribution in [3.63, 3.8) is 0 Å². The molecule has 2 atom stereocenters. The van der Waals surface area contributed by atoms with E-state index < -0.39 is 17.4 Å². The molecule has 0 N–H and O–H groups in total. The molecular weight excluding hydrogens is 432 g/mol. The fraction of sp³-hybridized carbons (Fsp3) is 0.385. The van der Waals surface area contributed by atoms with Crippen molar-refractivity contribution in [3.05, 3.63) is 79.9 Å². The summed E-state index contributed by atoms with van der Waals surface area (Å²) in [7, 11) is 0. The number of hydrogen-bond donors (Lipinski definition) is 0. The van der Waals surface area contributed by atoms with Gasteiger partial charge in [-0.1, -0.05) is 0 Å². The molecule has 0 fully saturated rings. The van der Waals surface area contributed by atoms with Crippen LogP contribution >= 0.6 is 0 Å². The zero-order valence-electron chi connectivity index (χ0n) is 18.8. The predicted octanol–water partition coefficient (Wildman–Crippen LogP) is 6.87. The van der Waals surface area contributed by atoms with Crippen LogP contribution in [0.1, 0.15) is 65.6 Å². The molecule has 2 aliphatic rings. The maximum absolute atomic E-state index is 3.31. The molecule has 28 heavy (non-hydrogen) atoms. The molecular formula is C26H34SiZr. The van der Waals surface area contributed by atoms with Gasteiger partial charge in [0.2, 0.25) is 0 Å². The maximum atomic E-state index is 2.73. The molecule has 0 bridgehead atoms. The van der Waals surface area contributed by atoms with Crippen molar-refractivity contribution in [2.24, 2.45) is 0 Å². The van der Waals surface area contributed by atoms with E-state index >= 15 is 0 Å². The summed E-state index contributed by atoms with van der Waals surface area (Å²) in [5, 5.41) is 0. The van der Waals surface area contributed by atoms with Crippen LogP contribution in [-0.2, 0) is 17.4 Å². The average Bonchev–Trinajstić information content (AvgIpc) is 3.14. The van der Waals surface area contributed by atoms with E-state index in [1.807, 2.05) is 0 Å². The summed E-state index contributed by atoms with van der Waals surface area (Å²) in [4.78, 5) is 0. The summed E-state index contributed by atoms with van der Waals surface area (Å²) in [6.07, 6.45) is 5.02. The monoisotopic (exact) mass is 464 g/mol. The van der Waals surface area contributed by atoms with Gasteiger partial charge in [0.15, 0.2) is 0 Å². The van der Waals surface area contributed by atoms with Crippen LogP contribution in [-0.4, -0.2) is 6.88 Å². The van der Waals surface area contributed by atoms with Crippen molar-refractivity contribution in [3.8, 4) is 0 Å². The summed E-state index contributed by atoms with van der Waals surface area (Å²) >= 11 is -3.31. The van der Waals surface area contributed by atoms with Gasteiger partial charge in [0.25, 0.3) is 0 Å². The SMILES string of the molecule is CC1=Cc2c(C)ccc(C)c2[CH]1[Zr]([CH3])([CH3])(=[SiH2])[CH]1C(C)=Cc2c(C)ccc(C)c21. The Kier molecular flexibility index (Phi) is 4.54. The van der Waals surface area contributed by atoms with Gasteiger partial charge in [0.05, 0.1) is 0 Å². The Morgan fingerprint density at radius 3 is 1.29 bits per heavy atom. The fourth-order valence-electron chi connectivity index (χ4n) is 6.55. The van der Waals surface area contributed by atoms with Gasteiger partial charge in [-0.3, -0.25) is 0 Å². The molecule has 0 heterocycles. The minimum absolute atomic E-state index is 0.633. The minimum atomic E-state index is -3.31. The standard InChI is InChI=1S/2C12H13.2CH3.H2Si.Zr/c2*1-8-6-11-9(2)4-5-10(3)12(11)7-8;;;;/h2*4-7H,1-3H3;2*1H3;1H2;. The Bertz CT molecular complexity index is 1070. The molecule has 2 unspecified atom stereocenters. The van der Waals surface area contributed by atoms with Gasteiger partial charge >= 0.3 is 174 Å². The molecule has 0 saturated carbocycles. The molecule has 4 rings (SSSR count). The zero-order valence-corrected chi connectivity index (χ0v) is 22.7. The zero-order chi connectivity index (χ0) is 20.6. The van der Waals surface area contributed by atoms with Gasteiger partial charge in [-0.05, 0) is 0 Å². The molecule has 2 aliphatic carbocycles. The van der Waals surface area contributed by atoms with Crippen molar-refractivity contribution in [2.75, 3.05) is 0 Å². The van der Waals surface area contributed by atoms with Crippen LogP contribution in [0.5, 0.6) is 0 Å². The Hall–Kier alpha value is -0.980. The Morgan fingerprint density at radius 1 is 0.607 bits per heavy atom. The average molecular weight is 466 g/mol. The second-order valence-corrected chi connectivity index (χ2v) is 41.1. The molecule has 0 radical (unpaired) electrons. The molecule has 0 saturated heterocycles. The third-order valence-electron chi connectivity index (χ3n) is 7.57. The number of rotatable bonds is 2.